The molecule has 17 nitrogen and oxygen atoms in total. The summed E-state index contributed by atoms with van der Waals surface area (Å²) in [5.41, 5.74) is 0. The summed E-state index contributed by atoms with van der Waals surface area (Å²) in [5, 5.41) is 10.7. The second-order valence-corrected chi connectivity index (χ2v) is 36.0. The molecule has 0 fully saturated rings. The van der Waals surface area contributed by atoms with Crippen molar-refractivity contribution < 1.29 is 80.2 Å². The molecule has 19 heteroatoms. The van der Waals surface area contributed by atoms with Crippen molar-refractivity contribution in [2.75, 3.05) is 39.6 Å². The van der Waals surface area contributed by atoms with E-state index >= 15 is 0 Å². The molecule has 0 aliphatic heterocycles. The molecule has 6 atom stereocenters. The normalized spacial score (nSPS) is 14.0. The molecule has 0 aliphatic rings. The van der Waals surface area contributed by atoms with E-state index in [1.165, 1.54) is 302 Å². The van der Waals surface area contributed by atoms with Crippen molar-refractivity contribution in [1.82, 2.24) is 0 Å². The standard InChI is InChI=1S/C90H176O17P2/c1-7-10-12-14-16-18-20-34-42-48-54-60-66-72-87(92)100-78-85(106-89(94)74-68-62-56-50-44-35-21-19-17-15-13-11-8-2)80-104-108(96,97)102-76-84(91)77-103-109(98,99)105-81-86(79-101-88(93)73-67-61-55-49-43-38-32-28-24-22-26-30-36-40-46-52-58-64-70-82(4)5)107-90(95)75-69-63-57-51-45-39-33-29-25-23-27-31-37-41-47-53-59-65-71-83(6)9-3/h82-86,91H,7-81H2,1-6H3,(H,96,97)(H,98,99)/t83?,84-,85+,86+/m0/s1. The lowest BCUT2D eigenvalue weighted by atomic mass is 9.99. The fourth-order valence-electron chi connectivity index (χ4n) is 14.1. The number of unbranched alkanes of at least 4 members (excludes halogenated alkanes) is 58. The predicted molar refractivity (Wildman–Crippen MR) is 451 cm³/mol. The van der Waals surface area contributed by atoms with Crippen LogP contribution in [0.15, 0.2) is 0 Å². The summed E-state index contributed by atoms with van der Waals surface area (Å²) in [6.45, 7) is 9.80. The molecule has 0 radical (unpaired) electrons. The van der Waals surface area contributed by atoms with Crippen LogP contribution in [0.1, 0.15) is 485 Å². The monoisotopic (exact) mass is 1590 g/mol. The van der Waals surface area contributed by atoms with Crippen LogP contribution >= 0.6 is 15.6 Å². The maximum absolute atomic E-state index is 13.2. The Morgan fingerprint density at radius 1 is 0.266 bits per heavy atom. The highest BCUT2D eigenvalue weighted by Gasteiger charge is 2.31. The van der Waals surface area contributed by atoms with E-state index in [1.807, 2.05) is 0 Å². The van der Waals surface area contributed by atoms with Gasteiger partial charge in [0.1, 0.15) is 19.3 Å². The van der Waals surface area contributed by atoms with Crippen molar-refractivity contribution in [3.8, 4) is 0 Å². The van der Waals surface area contributed by atoms with Crippen LogP contribution < -0.4 is 0 Å². The molecule has 3 N–H and O–H groups in total. The van der Waals surface area contributed by atoms with E-state index < -0.39 is 97.5 Å². The highest BCUT2D eigenvalue weighted by atomic mass is 31.2. The van der Waals surface area contributed by atoms with Crippen molar-refractivity contribution in [3.63, 3.8) is 0 Å². The number of hydrogen-bond donors (Lipinski definition) is 3. The smallest absolute Gasteiger partial charge is 0.462 e. The van der Waals surface area contributed by atoms with Crippen LogP contribution in [0.2, 0.25) is 0 Å². The van der Waals surface area contributed by atoms with Gasteiger partial charge in [-0.3, -0.25) is 37.3 Å². The Kier molecular flexibility index (Phi) is 79.8. The number of phosphoric acid groups is 2. The Morgan fingerprint density at radius 3 is 0.697 bits per heavy atom. The van der Waals surface area contributed by atoms with Gasteiger partial charge in [-0.15, -0.1) is 0 Å². The van der Waals surface area contributed by atoms with Crippen molar-refractivity contribution in [2.24, 2.45) is 11.8 Å². The van der Waals surface area contributed by atoms with E-state index in [2.05, 4.69) is 41.5 Å². The van der Waals surface area contributed by atoms with Crippen molar-refractivity contribution >= 4 is 39.5 Å². The van der Waals surface area contributed by atoms with E-state index in [0.29, 0.717) is 25.7 Å². The number of aliphatic hydroxyl groups excluding tert-OH is 1. The summed E-state index contributed by atoms with van der Waals surface area (Å²) in [4.78, 5) is 73.4. The zero-order valence-electron chi connectivity index (χ0n) is 71.9. The Bertz CT molecular complexity index is 2080. The largest absolute Gasteiger partial charge is 0.472 e. The van der Waals surface area contributed by atoms with Gasteiger partial charge in [-0.2, -0.15) is 0 Å². The molecule has 0 rings (SSSR count). The maximum Gasteiger partial charge on any atom is 0.472 e. The molecular formula is C90H176O17P2. The second-order valence-electron chi connectivity index (χ2n) is 33.1. The minimum absolute atomic E-state index is 0.108. The first-order chi connectivity index (χ1) is 52.9. The van der Waals surface area contributed by atoms with Gasteiger partial charge in [0.25, 0.3) is 0 Å². The predicted octanol–water partition coefficient (Wildman–Crippen LogP) is 27.8. The maximum atomic E-state index is 13.2. The van der Waals surface area contributed by atoms with Crippen LogP contribution in [-0.2, 0) is 65.4 Å². The molecule has 0 saturated carbocycles. The lowest BCUT2D eigenvalue weighted by molar-refractivity contribution is -0.161. The van der Waals surface area contributed by atoms with Gasteiger partial charge in [0.15, 0.2) is 12.2 Å². The molecule has 0 aromatic heterocycles. The van der Waals surface area contributed by atoms with E-state index in [1.54, 1.807) is 0 Å². The average Bonchev–Trinajstić information content (AvgIpc) is 0.898. The summed E-state index contributed by atoms with van der Waals surface area (Å²) in [7, 11) is -9.93. The first-order valence-corrected chi connectivity index (χ1v) is 49.5. The van der Waals surface area contributed by atoms with E-state index in [-0.39, 0.29) is 25.7 Å². The Hall–Kier alpha value is -1.94. The first-order valence-electron chi connectivity index (χ1n) is 46.5. The number of rotatable bonds is 89. The Balaban J connectivity index is 5.23. The van der Waals surface area contributed by atoms with Crippen molar-refractivity contribution in [3.05, 3.63) is 0 Å². The molecule has 109 heavy (non-hydrogen) atoms. The number of aliphatic hydroxyl groups is 1. The molecule has 0 saturated heterocycles. The third kappa shape index (κ3) is 82.4. The zero-order chi connectivity index (χ0) is 79.9. The molecule has 0 bridgehead atoms. The number of hydrogen-bond acceptors (Lipinski definition) is 15. The van der Waals surface area contributed by atoms with Gasteiger partial charge in [-0.1, -0.05) is 433 Å². The SMILES string of the molecule is CCCCCCCCCCCCCCCC(=O)OC[C@H](COP(=O)(O)OC[C@H](O)COP(=O)(O)OC[C@@H](COC(=O)CCCCCCCCCCCCCCCCCCCCC(C)C)OC(=O)CCCCCCCCCCCCCCCCCCCCC(C)CC)OC(=O)CCCCCCCCCCCCCCC. The summed E-state index contributed by atoms with van der Waals surface area (Å²) in [6.07, 6.45) is 74.9. The zero-order valence-corrected chi connectivity index (χ0v) is 73.7. The van der Waals surface area contributed by atoms with Gasteiger partial charge in [0.05, 0.1) is 26.4 Å². The van der Waals surface area contributed by atoms with Crippen LogP contribution in [0.3, 0.4) is 0 Å². The minimum atomic E-state index is -4.97. The fraction of sp³-hybridized carbons (Fsp3) is 0.956. The number of carbonyl (C=O) groups excluding carboxylic acids is 4. The van der Waals surface area contributed by atoms with E-state index in [9.17, 15) is 43.2 Å². The molecule has 0 amide bonds. The number of ether oxygens (including phenoxy) is 4. The van der Waals surface area contributed by atoms with E-state index in [4.69, 9.17) is 37.0 Å². The molecular weight excluding hydrogens is 1410 g/mol. The molecule has 3 unspecified atom stereocenters. The molecule has 648 valence electrons. The number of carbonyl (C=O) groups is 4. The third-order valence-electron chi connectivity index (χ3n) is 21.6. The lowest BCUT2D eigenvalue weighted by Gasteiger charge is -2.21. The van der Waals surface area contributed by atoms with Gasteiger partial charge in [0, 0.05) is 25.7 Å². The van der Waals surface area contributed by atoms with Crippen molar-refractivity contribution in [2.45, 2.75) is 503 Å². The van der Waals surface area contributed by atoms with Gasteiger partial charge in [-0.25, -0.2) is 9.13 Å². The Labute approximate surface area is 670 Å². The van der Waals surface area contributed by atoms with Crippen LogP contribution in [0.4, 0.5) is 0 Å². The van der Waals surface area contributed by atoms with Gasteiger partial charge < -0.3 is 33.8 Å². The van der Waals surface area contributed by atoms with Crippen LogP contribution in [0.25, 0.3) is 0 Å². The second kappa shape index (κ2) is 81.2. The van der Waals surface area contributed by atoms with Gasteiger partial charge in [-0.05, 0) is 37.5 Å². The van der Waals surface area contributed by atoms with Crippen molar-refractivity contribution in [1.29, 1.82) is 0 Å². The molecule has 0 heterocycles. The van der Waals surface area contributed by atoms with Crippen LogP contribution in [0, 0.1) is 11.8 Å². The third-order valence-corrected chi connectivity index (χ3v) is 23.5. The summed E-state index contributed by atoms with van der Waals surface area (Å²) >= 11 is 0. The average molecular weight is 1590 g/mol. The molecule has 0 aliphatic carbocycles. The van der Waals surface area contributed by atoms with Crippen LogP contribution in [0.5, 0.6) is 0 Å². The topological polar surface area (TPSA) is 237 Å². The highest BCUT2D eigenvalue weighted by molar-refractivity contribution is 7.47. The first kappa shape index (κ1) is 107. The summed E-state index contributed by atoms with van der Waals surface area (Å²) < 4.78 is 69.0. The number of phosphoric ester groups is 2. The molecule has 0 aromatic rings. The van der Waals surface area contributed by atoms with Gasteiger partial charge in [0.2, 0.25) is 0 Å². The minimum Gasteiger partial charge on any atom is -0.462 e. The quantitative estimate of drug-likeness (QED) is 0.0222. The molecule has 0 spiro atoms. The fourth-order valence-corrected chi connectivity index (χ4v) is 15.7. The summed E-state index contributed by atoms with van der Waals surface area (Å²) in [6, 6.07) is 0. The highest BCUT2D eigenvalue weighted by Crippen LogP contribution is 2.45. The molecule has 0 aromatic carbocycles. The van der Waals surface area contributed by atoms with Gasteiger partial charge >= 0.3 is 39.5 Å². The van der Waals surface area contributed by atoms with E-state index in [0.717, 1.165) is 102 Å². The summed E-state index contributed by atoms with van der Waals surface area (Å²) in [5.74, 6) is -0.401. The lowest BCUT2D eigenvalue weighted by Crippen LogP contribution is -2.30. The Morgan fingerprint density at radius 2 is 0.468 bits per heavy atom. The number of esters is 4. The van der Waals surface area contributed by atoms with Crippen LogP contribution in [-0.4, -0.2) is 96.7 Å².